The standard InChI is InChI=1S/C17H26N2O3/c1-13(2)19-8-6-18(7-9-19)10-11-22-16-5-4-15(17(20)21)12-14(16)3/h4-5,12-13H,6-11H2,1-3H3,(H,20,21). The number of carboxylic acid groups (broad SMARTS) is 1. The van der Waals surface area contributed by atoms with Crippen LogP contribution >= 0.6 is 0 Å². The maximum absolute atomic E-state index is 10.9. The molecule has 0 aromatic heterocycles. The summed E-state index contributed by atoms with van der Waals surface area (Å²) in [7, 11) is 0. The Morgan fingerprint density at radius 2 is 1.95 bits per heavy atom. The molecule has 122 valence electrons. The molecule has 1 aromatic rings. The quantitative estimate of drug-likeness (QED) is 0.872. The van der Waals surface area contributed by atoms with E-state index in [1.165, 1.54) is 0 Å². The van der Waals surface area contributed by atoms with Crippen LogP contribution in [0.4, 0.5) is 0 Å². The number of carbonyl (C=O) groups is 1. The lowest BCUT2D eigenvalue weighted by molar-refractivity contribution is 0.0696. The van der Waals surface area contributed by atoms with Crippen LogP contribution in [0.2, 0.25) is 0 Å². The van der Waals surface area contributed by atoms with Gasteiger partial charge in [-0.3, -0.25) is 9.80 Å². The molecular formula is C17H26N2O3. The molecule has 0 saturated carbocycles. The van der Waals surface area contributed by atoms with E-state index in [2.05, 4.69) is 23.6 Å². The molecule has 5 nitrogen and oxygen atoms in total. The monoisotopic (exact) mass is 306 g/mol. The molecule has 0 bridgehead atoms. The number of benzene rings is 1. The molecule has 2 rings (SSSR count). The van der Waals surface area contributed by atoms with Gasteiger partial charge in [0.1, 0.15) is 12.4 Å². The van der Waals surface area contributed by atoms with Gasteiger partial charge < -0.3 is 9.84 Å². The Bertz CT molecular complexity index is 509. The number of nitrogens with zero attached hydrogens (tertiary/aromatic N) is 2. The van der Waals surface area contributed by atoms with Crippen molar-refractivity contribution >= 4 is 5.97 Å². The minimum absolute atomic E-state index is 0.301. The van der Waals surface area contributed by atoms with Crippen LogP contribution in [0.5, 0.6) is 5.75 Å². The van der Waals surface area contributed by atoms with Crippen molar-refractivity contribution in [2.75, 3.05) is 39.3 Å². The number of carboxylic acids is 1. The average molecular weight is 306 g/mol. The van der Waals surface area contributed by atoms with Crippen LogP contribution in [-0.4, -0.2) is 66.2 Å². The summed E-state index contributed by atoms with van der Waals surface area (Å²) in [5.41, 5.74) is 1.17. The van der Waals surface area contributed by atoms with Gasteiger partial charge in [0.05, 0.1) is 5.56 Å². The van der Waals surface area contributed by atoms with Crippen molar-refractivity contribution in [3.63, 3.8) is 0 Å². The van der Waals surface area contributed by atoms with Crippen LogP contribution in [0.3, 0.4) is 0 Å². The Morgan fingerprint density at radius 1 is 1.27 bits per heavy atom. The lowest BCUT2D eigenvalue weighted by Gasteiger charge is -2.36. The average Bonchev–Trinajstić information content (AvgIpc) is 2.49. The normalized spacial score (nSPS) is 16.9. The van der Waals surface area contributed by atoms with Crippen molar-refractivity contribution in [3.8, 4) is 5.75 Å². The van der Waals surface area contributed by atoms with Gasteiger partial charge in [0, 0.05) is 38.8 Å². The Kier molecular flexibility index (Phi) is 5.80. The number of hydrogen-bond acceptors (Lipinski definition) is 4. The van der Waals surface area contributed by atoms with Gasteiger partial charge in [-0.25, -0.2) is 4.79 Å². The smallest absolute Gasteiger partial charge is 0.335 e. The maximum Gasteiger partial charge on any atom is 0.335 e. The Balaban J connectivity index is 1.76. The molecule has 1 aromatic carbocycles. The highest BCUT2D eigenvalue weighted by Crippen LogP contribution is 2.19. The third-order valence-electron chi connectivity index (χ3n) is 4.22. The molecule has 1 fully saturated rings. The van der Waals surface area contributed by atoms with E-state index < -0.39 is 5.97 Å². The van der Waals surface area contributed by atoms with Gasteiger partial charge in [0.15, 0.2) is 0 Å². The molecule has 0 spiro atoms. The van der Waals surface area contributed by atoms with E-state index in [-0.39, 0.29) is 0 Å². The molecule has 0 unspecified atom stereocenters. The van der Waals surface area contributed by atoms with Gasteiger partial charge in [0.25, 0.3) is 0 Å². The topological polar surface area (TPSA) is 53.0 Å². The SMILES string of the molecule is Cc1cc(C(=O)O)ccc1OCCN1CCN(C(C)C)CC1. The first-order valence-corrected chi connectivity index (χ1v) is 7.90. The van der Waals surface area contributed by atoms with E-state index in [1.54, 1.807) is 18.2 Å². The zero-order chi connectivity index (χ0) is 16.1. The van der Waals surface area contributed by atoms with Crippen LogP contribution < -0.4 is 4.74 Å². The second kappa shape index (κ2) is 7.61. The van der Waals surface area contributed by atoms with E-state index in [1.807, 2.05) is 6.92 Å². The highest BCUT2D eigenvalue weighted by atomic mass is 16.5. The first kappa shape index (κ1) is 16.8. The summed E-state index contributed by atoms with van der Waals surface area (Å²) >= 11 is 0. The molecule has 1 saturated heterocycles. The zero-order valence-corrected chi connectivity index (χ0v) is 13.7. The summed E-state index contributed by atoms with van der Waals surface area (Å²) < 4.78 is 5.80. The van der Waals surface area contributed by atoms with E-state index in [0.717, 1.165) is 44.0 Å². The van der Waals surface area contributed by atoms with Crippen molar-refractivity contribution in [2.45, 2.75) is 26.8 Å². The summed E-state index contributed by atoms with van der Waals surface area (Å²) in [6.07, 6.45) is 0. The summed E-state index contributed by atoms with van der Waals surface area (Å²) in [5.74, 6) is -0.136. The van der Waals surface area contributed by atoms with Crippen molar-refractivity contribution < 1.29 is 14.6 Å². The Morgan fingerprint density at radius 3 is 2.50 bits per heavy atom. The summed E-state index contributed by atoms with van der Waals surface area (Å²) in [4.78, 5) is 15.8. The number of rotatable bonds is 6. The van der Waals surface area contributed by atoms with E-state index in [9.17, 15) is 4.79 Å². The van der Waals surface area contributed by atoms with Crippen molar-refractivity contribution in [1.82, 2.24) is 9.80 Å². The molecule has 1 aliphatic rings. The minimum Gasteiger partial charge on any atom is -0.492 e. The highest BCUT2D eigenvalue weighted by molar-refractivity contribution is 5.88. The van der Waals surface area contributed by atoms with E-state index >= 15 is 0 Å². The fourth-order valence-corrected chi connectivity index (χ4v) is 2.73. The van der Waals surface area contributed by atoms with Crippen molar-refractivity contribution in [1.29, 1.82) is 0 Å². The van der Waals surface area contributed by atoms with Crippen LogP contribution in [0.25, 0.3) is 0 Å². The van der Waals surface area contributed by atoms with Crippen molar-refractivity contribution in [2.24, 2.45) is 0 Å². The number of aryl methyl sites for hydroxylation is 1. The van der Waals surface area contributed by atoms with E-state index in [0.29, 0.717) is 18.2 Å². The highest BCUT2D eigenvalue weighted by Gasteiger charge is 2.18. The van der Waals surface area contributed by atoms with Gasteiger partial charge in [-0.1, -0.05) is 0 Å². The van der Waals surface area contributed by atoms with Crippen molar-refractivity contribution in [3.05, 3.63) is 29.3 Å². The number of ether oxygens (including phenoxy) is 1. The number of piperazine rings is 1. The van der Waals surface area contributed by atoms with Gasteiger partial charge >= 0.3 is 5.97 Å². The van der Waals surface area contributed by atoms with Crippen LogP contribution in [0.15, 0.2) is 18.2 Å². The van der Waals surface area contributed by atoms with Crippen LogP contribution in [-0.2, 0) is 0 Å². The predicted molar refractivity (Wildman–Crippen MR) is 86.8 cm³/mol. The second-order valence-corrected chi connectivity index (χ2v) is 6.11. The van der Waals surface area contributed by atoms with Gasteiger partial charge in [-0.05, 0) is 44.5 Å². The third kappa shape index (κ3) is 4.45. The summed E-state index contributed by atoms with van der Waals surface area (Å²) in [5, 5.41) is 8.96. The van der Waals surface area contributed by atoms with Gasteiger partial charge in [0.2, 0.25) is 0 Å². The predicted octanol–water partition coefficient (Wildman–Crippen LogP) is 2.10. The maximum atomic E-state index is 10.9. The number of aromatic carboxylic acids is 1. The van der Waals surface area contributed by atoms with Crippen LogP contribution in [0, 0.1) is 6.92 Å². The molecule has 0 radical (unpaired) electrons. The summed E-state index contributed by atoms with van der Waals surface area (Å²) in [6, 6.07) is 5.61. The lowest BCUT2D eigenvalue weighted by atomic mass is 10.1. The number of hydrogen-bond donors (Lipinski definition) is 1. The molecule has 1 N–H and O–H groups in total. The molecule has 1 aliphatic heterocycles. The molecular weight excluding hydrogens is 280 g/mol. The first-order chi connectivity index (χ1) is 10.5. The summed E-state index contributed by atoms with van der Waals surface area (Å²) in [6.45, 7) is 12.3. The Hall–Kier alpha value is -1.59. The molecule has 1 heterocycles. The Labute approximate surface area is 132 Å². The first-order valence-electron chi connectivity index (χ1n) is 7.90. The molecule has 0 amide bonds. The lowest BCUT2D eigenvalue weighted by Crippen LogP contribution is -2.49. The van der Waals surface area contributed by atoms with E-state index in [4.69, 9.17) is 9.84 Å². The third-order valence-corrected chi connectivity index (χ3v) is 4.22. The largest absolute Gasteiger partial charge is 0.492 e. The molecule has 5 heteroatoms. The zero-order valence-electron chi connectivity index (χ0n) is 13.7. The fraction of sp³-hybridized carbons (Fsp3) is 0.588. The second-order valence-electron chi connectivity index (χ2n) is 6.11. The fourth-order valence-electron chi connectivity index (χ4n) is 2.73. The van der Waals surface area contributed by atoms with Gasteiger partial charge in [-0.2, -0.15) is 0 Å². The molecule has 22 heavy (non-hydrogen) atoms. The van der Waals surface area contributed by atoms with Gasteiger partial charge in [-0.15, -0.1) is 0 Å². The molecule has 0 atom stereocenters. The minimum atomic E-state index is -0.905. The van der Waals surface area contributed by atoms with Crippen LogP contribution in [0.1, 0.15) is 29.8 Å². The molecule has 0 aliphatic carbocycles.